The van der Waals surface area contributed by atoms with Gasteiger partial charge in [0.15, 0.2) is 0 Å². The third kappa shape index (κ3) is 5.44. The van der Waals surface area contributed by atoms with E-state index in [-0.39, 0.29) is 18.3 Å². The number of hydrogen-bond acceptors (Lipinski definition) is 5. The predicted molar refractivity (Wildman–Crippen MR) is 94.0 cm³/mol. The Morgan fingerprint density at radius 1 is 1.12 bits per heavy atom. The molecule has 1 saturated heterocycles. The highest BCUT2D eigenvalue weighted by Gasteiger charge is 2.26. The second kappa shape index (κ2) is 8.16. The number of esters is 1. The number of benzene rings is 1. The van der Waals surface area contributed by atoms with E-state index in [1.807, 2.05) is 4.90 Å². The Morgan fingerprint density at radius 3 is 2.31 bits per heavy atom. The molecular formula is C18H24FN3O4. The number of ether oxygens (including phenoxy) is 1. The highest BCUT2D eigenvalue weighted by molar-refractivity contribution is 6.32. The Balaban J connectivity index is 1.79. The second-order valence-corrected chi connectivity index (χ2v) is 7.00. The first-order chi connectivity index (χ1) is 12.2. The fourth-order valence-corrected chi connectivity index (χ4v) is 2.57. The summed E-state index contributed by atoms with van der Waals surface area (Å²) in [5.74, 6) is -2.56. The van der Waals surface area contributed by atoms with Crippen molar-refractivity contribution in [3.05, 3.63) is 30.1 Å². The number of amides is 2. The molecule has 26 heavy (non-hydrogen) atoms. The van der Waals surface area contributed by atoms with Gasteiger partial charge in [-0.2, -0.15) is 0 Å². The van der Waals surface area contributed by atoms with Gasteiger partial charge in [0.2, 0.25) is 5.91 Å². The number of para-hydroxylation sites is 1. The highest BCUT2D eigenvalue weighted by Crippen LogP contribution is 2.20. The number of halogens is 1. The van der Waals surface area contributed by atoms with Crippen LogP contribution in [0, 0.1) is 5.82 Å². The normalized spacial score (nSPS) is 14.8. The number of piperazine rings is 1. The van der Waals surface area contributed by atoms with Crippen LogP contribution < -0.4 is 10.2 Å². The average Bonchev–Trinajstić information content (AvgIpc) is 2.58. The molecule has 0 aliphatic carbocycles. The van der Waals surface area contributed by atoms with E-state index in [0.717, 1.165) is 0 Å². The summed E-state index contributed by atoms with van der Waals surface area (Å²) in [4.78, 5) is 38.9. The molecule has 0 bridgehead atoms. The van der Waals surface area contributed by atoms with Gasteiger partial charge in [0, 0.05) is 26.2 Å². The first-order valence-corrected chi connectivity index (χ1v) is 8.46. The van der Waals surface area contributed by atoms with Crippen molar-refractivity contribution in [2.45, 2.75) is 26.4 Å². The van der Waals surface area contributed by atoms with Crippen LogP contribution in [-0.4, -0.2) is 61.0 Å². The maximum Gasteiger partial charge on any atom is 0.397 e. The Kier molecular flexibility index (Phi) is 6.18. The van der Waals surface area contributed by atoms with Crippen molar-refractivity contribution in [2.75, 3.05) is 37.6 Å². The molecule has 2 amide bonds. The number of nitrogens with one attached hydrogen (secondary N) is 1. The van der Waals surface area contributed by atoms with E-state index in [4.69, 9.17) is 4.74 Å². The number of rotatable bonds is 3. The van der Waals surface area contributed by atoms with E-state index in [1.54, 1.807) is 43.9 Å². The first kappa shape index (κ1) is 19.7. The zero-order chi connectivity index (χ0) is 19.3. The minimum atomic E-state index is -1.02. The van der Waals surface area contributed by atoms with Crippen molar-refractivity contribution in [3.8, 4) is 0 Å². The van der Waals surface area contributed by atoms with Gasteiger partial charge in [0.1, 0.15) is 11.4 Å². The molecule has 1 aliphatic rings. The van der Waals surface area contributed by atoms with Crippen LogP contribution in [0.25, 0.3) is 0 Å². The maximum absolute atomic E-state index is 13.8. The molecule has 0 aromatic heterocycles. The Hall–Kier alpha value is -2.64. The van der Waals surface area contributed by atoms with Crippen molar-refractivity contribution in [1.29, 1.82) is 0 Å². The van der Waals surface area contributed by atoms with Gasteiger partial charge in [-0.3, -0.25) is 9.59 Å². The van der Waals surface area contributed by atoms with Gasteiger partial charge in [0.05, 0.1) is 12.2 Å². The van der Waals surface area contributed by atoms with Gasteiger partial charge in [0.25, 0.3) is 0 Å². The van der Waals surface area contributed by atoms with Gasteiger partial charge in [-0.15, -0.1) is 0 Å². The lowest BCUT2D eigenvalue weighted by Gasteiger charge is -2.36. The molecule has 1 aliphatic heterocycles. The standard InChI is InChI=1S/C18H24FN3O4/c1-18(2,3)26-17(25)16(24)20-12-15(23)22-10-8-21(9-11-22)14-7-5-4-6-13(14)19/h4-7H,8-12H2,1-3H3,(H,20,24). The smallest absolute Gasteiger partial charge is 0.397 e. The van der Waals surface area contributed by atoms with Crippen LogP contribution in [-0.2, 0) is 19.1 Å². The molecule has 0 spiro atoms. The van der Waals surface area contributed by atoms with E-state index < -0.39 is 17.5 Å². The minimum Gasteiger partial charge on any atom is -0.453 e. The molecule has 142 valence electrons. The third-order valence-corrected chi connectivity index (χ3v) is 3.81. The summed E-state index contributed by atoms with van der Waals surface area (Å²) < 4.78 is 18.8. The van der Waals surface area contributed by atoms with E-state index in [0.29, 0.717) is 31.9 Å². The van der Waals surface area contributed by atoms with E-state index in [1.165, 1.54) is 6.07 Å². The first-order valence-electron chi connectivity index (χ1n) is 8.46. The van der Waals surface area contributed by atoms with E-state index in [2.05, 4.69) is 5.32 Å². The summed E-state index contributed by atoms with van der Waals surface area (Å²) in [6.07, 6.45) is 0. The van der Waals surface area contributed by atoms with Gasteiger partial charge in [-0.25, -0.2) is 9.18 Å². The summed E-state index contributed by atoms with van der Waals surface area (Å²) in [5.41, 5.74) is -0.264. The van der Waals surface area contributed by atoms with Crippen molar-refractivity contribution in [3.63, 3.8) is 0 Å². The SMILES string of the molecule is CC(C)(C)OC(=O)C(=O)NCC(=O)N1CCN(c2ccccc2F)CC1. The quantitative estimate of drug-likeness (QED) is 0.637. The molecular weight excluding hydrogens is 341 g/mol. The fourth-order valence-electron chi connectivity index (χ4n) is 2.57. The minimum absolute atomic E-state index is 0.280. The summed E-state index contributed by atoms with van der Waals surface area (Å²) >= 11 is 0. The number of anilines is 1. The van der Waals surface area contributed by atoms with Crippen molar-refractivity contribution in [2.24, 2.45) is 0 Å². The van der Waals surface area contributed by atoms with Crippen LogP contribution >= 0.6 is 0 Å². The summed E-state index contributed by atoms with van der Waals surface area (Å²) in [6, 6.07) is 6.50. The lowest BCUT2D eigenvalue weighted by molar-refractivity contribution is -0.163. The predicted octanol–water partition coefficient (Wildman–Crippen LogP) is 0.932. The van der Waals surface area contributed by atoms with Crippen LogP contribution in [0.2, 0.25) is 0 Å². The highest BCUT2D eigenvalue weighted by atomic mass is 19.1. The lowest BCUT2D eigenvalue weighted by Crippen LogP contribution is -2.52. The van der Waals surface area contributed by atoms with Gasteiger partial charge in [-0.1, -0.05) is 12.1 Å². The Bertz CT molecular complexity index is 679. The topological polar surface area (TPSA) is 78.9 Å². The van der Waals surface area contributed by atoms with Crippen LogP contribution in [0.4, 0.5) is 10.1 Å². The van der Waals surface area contributed by atoms with Crippen LogP contribution in [0.1, 0.15) is 20.8 Å². The number of nitrogens with zero attached hydrogens (tertiary/aromatic N) is 2. The molecule has 7 nitrogen and oxygen atoms in total. The number of carbonyl (C=O) groups excluding carboxylic acids is 3. The van der Waals surface area contributed by atoms with Gasteiger partial charge in [-0.05, 0) is 32.9 Å². The average molecular weight is 365 g/mol. The Labute approximate surface area is 152 Å². The second-order valence-electron chi connectivity index (χ2n) is 7.00. The monoisotopic (exact) mass is 365 g/mol. The lowest BCUT2D eigenvalue weighted by atomic mass is 10.2. The molecule has 1 N–H and O–H groups in total. The zero-order valence-corrected chi connectivity index (χ0v) is 15.3. The molecule has 0 unspecified atom stereocenters. The molecule has 2 rings (SSSR count). The van der Waals surface area contributed by atoms with Crippen molar-refractivity contribution < 1.29 is 23.5 Å². The van der Waals surface area contributed by atoms with E-state index >= 15 is 0 Å². The molecule has 1 heterocycles. The zero-order valence-electron chi connectivity index (χ0n) is 15.3. The van der Waals surface area contributed by atoms with Crippen molar-refractivity contribution in [1.82, 2.24) is 10.2 Å². The molecule has 1 fully saturated rings. The molecule has 8 heteroatoms. The summed E-state index contributed by atoms with van der Waals surface area (Å²) in [6.45, 7) is 6.48. The maximum atomic E-state index is 13.8. The van der Waals surface area contributed by atoms with Gasteiger partial charge < -0.3 is 19.9 Å². The van der Waals surface area contributed by atoms with Crippen LogP contribution in [0.5, 0.6) is 0 Å². The molecule has 0 atom stereocenters. The summed E-state index contributed by atoms with van der Waals surface area (Å²) in [5, 5.41) is 2.28. The third-order valence-electron chi connectivity index (χ3n) is 3.81. The Morgan fingerprint density at radius 2 is 1.73 bits per heavy atom. The van der Waals surface area contributed by atoms with E-state index in [9.17, 15) is 18.8 Å². The number of carbonyl (C=O) groups is 3. The molecule has 0 radical (unpaired) electrons. The molecule has 1 aromatic carbocycles. The summed E-state index contributed by atoms with van der Waals surface area (Å²) in [7, 11) is 0. The van der Waals surface area contributed by atoms with Crippen molar-refractivity contribution >= 4 is 23.5 Å². The van der Waals surface area contributed by atoms with Crippen LogP contribution in [0.3, 0.4) is 0 Å². The number of hydrogen-bond donors (Lipinski definition) is 1. The van der Waals surface area contributed by atoms with Crippen LogP contribution in [0.15, 0.2) is 24.3 Å². The largest absolute Gasteiger partial charge is 0.453 e. The van der Waals surface area contributed by atoms with Gasteiger partial charge >= 0.3 is 11.9 Å². The molecule has 0 saturated carbocycles. The molecule has 1 aromatic rings. The fraction of sp³-hybridized carbons (Fsp3) is 0.500.